The van der Waals surface area contributed by atoms with Gasteiger partial charge in [0.25, 0.3) is 0 Å². The minimum Gasteiger partial charge on any atom is -0.375 e. The minimum absolute atomic E-state index is 0. The molecule has 3 N–H and O–H groups in total. The van der Waals surface area contributed by atoms with Gasteiger partial charge in [0.05, 0.1) is 12.2 Å². The second-order valence-corrected chi connectivity index (χ2v) is 6.34. The van der Waals surface area contributed by atoms with Crippen LogP contribution in [0.5, 0.6) is 0 Å². The monoisotopic (exact) mass is 454 g/mol. The highest BCUT2D eigenvalue weighted by Crippen LogP contribution is 2.24. The van der Waals surface area contributed by atoms with E-state index in [0.29, 0.717) is 18.2 Å². The fraction of sp³-hybridized carbons (Fsp3) is 0.316. The number of nitrogens with two attached hydrogens (primary N) is 1. The van der Waals surface area contributed by atoms with E-state index in [2.05, 4.69) is 22.4 Å². The van der Waals surface area contributed by atoms with Crippen molar-refractivity contribution < 1.29 is 4.39 Å². The summed E-state index contributed by atoms with van der Waals surface area (Å²) in [6.45, 7) is 0.342. The third kappa shape index (κ3) is 4.84. The van der Waals surface area contributed by atoms with Crippen LogP contribution >= 0.6 is 24.0 Å². The molecule has 0 unspecified atom stereocenters. The molecule has 2 aromatic carbocycles. The van der Waals surface area contributed by atoms with Crippen molar-refractivity contribution in [1.29, 1.82) is 0 Å². The topological polar surface area (TPSA) is 53.6 Å². The number of aryl methyl sites for hydroxylation is 2. The molecular weight excluding hydrogens is 430 g/mol. The molecule has 0 heterocycles. The highest BCUT2D eigenvalue weighted by molar-refractivity contribution is 14.0. The smallest absolute Gasteiger partial charge is 0.193 e. The van der Waals surface area contributed by atoms with Gasteiger partial charge in [-0.3, -0.25) is 0 Å². The van der Waals surface area contributed by atoms with Crippen LogP contribution in [-0.4, -0.2) is 20.1 Å². The van der Waals surface area contributed by atoms with Crippen LogP contribution in [0.1, 0.15) is 23.1 Å². The summed E-state index contributed by atoms with van der Waals surface area (Å²) in [5, 5.41) is 3.11. The number of nitrogens with zero attached hydrogens (tertiary/aromatic N) is 2. The summed E-state index contributed by atoms with van der Waals surface area (Å²) >= 11 is 0. The Bertz CT molecular complexity index is 774. The number of fused-ring (bicyclic) bond motifs is 1. The molecule has 0 fully saturated rings. The van der Waals surface area contributed by atoms with E-state index in [-0.39, 0.29) is 29.8 Å². The van der Waals surface area contributed by atoms with Crippen LogP contribution in [0.2, 0.25) is 0 Å². The molecule has 0 aliphatic heterocycles. The number of hydrogen-bond acceptors (Lipinski definition) is 2. The summed E-state index contributed by atoms with van der Waals surface area (Å²) in [6.07, 6.45) is 3.50. The molecule has 1 aliphatic carbocycles. The zero-order chi connectivity index (χ0) is 17.1. The van der Waals surface area contributed by atoms with E-state index in [1.54, 1.807) is 11.0 Å². The molecule has 0 saturated heterocycles. The number of anilines is 2. The zero-order valence-corrected chi connectivity index (χ0v) is 16.9. The Hall–Kier alpha value is -1.83. The second kappa shape index (κ2) is 8.51. The van der Waals surface area contributed by atoms with Crippen molar-refractivity contribution in [3.63, 3.8) is 0 Å². The van der Waals surface area contributed by atoms with Crippen LogP contribution in [0.25, 0.3) is 0 Å². The average Bonchev–Trinajstić information content (AvgIpc) is 3.00. The van der Waals surface area contributed by atoms with Crippen molar-refractivity contribution in [2.45, 2.75) is 25.8 Å². The predicted octanol–water partition coefficient (Wildman–Crippen LogP) is 3.93. The van der Waals surface area contributed by atoms with Gasteiger partial charge < -0.3 is 16.0 Å². The van der Waals surface area contributed by atoms with Crippen LogP contribution in [0.4, 0.5) is 15.8 Å². The molecule has 0 saturated carbocycles. The molecule has 4 nitrogen and oxygen atoms in total. The molecule has 0 radical (unpaired) electrons. The van der Waals surface area contributed by atoms with Gasteiger partial charge in [0.15, 0.2) is 5.96 Å². The normalized spacial score (nSPS) is 13.2. The zero-order valence-electron chi connectivity index (χ0n) is 14.6. The molecule has 3 rings (SSSR count). The Morgan fingerprint density at radius 2 is 1.92 bits per heavy atom. The molecule has 6 heteroatoms. The minimum atomic E-state index is -0.252. The van der Waals surface area contributed by atoms with E-state index >= 15 is 0 Å². The van der Waals surface area contributed by atoms with Gasteiger partial charge in [0.2, 0.25) is 0 Å². The molecule has 1 aliphatic rings. The van der Waals surface area contributed by atoms with Crippen LogP contribution in [0.3, 0.4) is 0 Å². The first-order valence-electron chi connectivity index (χ1n) is 8.17. The van der Waals surface area contributed by atoms with Gasteiger partial charge >= 0.3 is 0 Å². The van der Waals surface area contributed by atoms with E-state index in [1.807, 2.05) is 26.2 Å². The van der Waals surface area contributed by atoms with Crippen LogP contribution in [0.15, 0.2) is 41.4 Å². The first-order chi connectivity index (χ1) is 11.5. The van der Waals surface area contributed by atoms with E-state index in [9.17, 15) is 4.39 Å². The van der Waals surface area contributed by atoms with Crippen molar-refractivity contribution in [2.75, 3.05) is 24.3 Å². The molecule has 0 amide bonds. The summed E-state index contributed by atoms with van der Waals surface area (Å²) < 4.78 is 14.0. The van der Waals surface area contributed by atoms with Crippen molar-refractivity contribution in [1.82, 2.24) is 0 Å². The van der Waals surface area contributed by atoms with Crippen molar-refractivity contribution in [3.8, 4) is 0 Å². The van der Waals surface area contributed by atoms with Gasteiger partial charge in [-0.1, -0.05) is 12.1 Å². The van der Waals surface area contributed by atoms with Gasteiger partial charge in [0, 0.05) is 19.8 Å². The first-order valence-corrected chi connectivity index (χ1v) is 8.17. The third-order valence-electron chi connectivity index (χ3n) is 4.30. The maximum absolute atomic E-state index is 14.0. The fourth-order valence-corrected chi connectivity index (χ4v) is 3.02. The van der Waals surface area contributed by atoms with Gasteiger partial charge in [0.1, 0.15) is 5.82 Å². The Kier molecular flexibility index (Phi) is 6.64. The summed E-state index contributed by atoms with van der Waals surface area (Å²) in [5.41, 5.74) is 11.1. The summed E-state index contributed by atoms with van der Waals surface area (Å²) in [5.74, 6) is 0.0860. The number of rotatable bonds is 4. The lowest BCUT2D eigenvalue weighted by atomic mass is 10.1. The number of halogens is 2. The average molecular weight is 454 g/mol. The number of aliphatic imine (C=N–C) groups is 1. The van der Waals surface area contributed by atoms with Crippen molar-refractivity contribution >= 4 is 41.3 Å². The Balaban J connectivity index is 0.00000225. The number of hydrogen-bond donors (Lipinski definition) is 2. The SMILES string of the molecule is CN(C)c1ccc(CN=C(N)Nc2ccc3c(c2)CCC3)cc1F.I. The lowest BCUT2D eigenvalue weighted by Crippen LogP contribution is -2.22. The van der Waals surface area contributed by atoms with Gasteiger partial charge in [-0.2, -0.15) is 0 Å². The molecule has 2 aromatic rings. The summed E-state index contributed by atoms with van der Waals surface area (Å²) in [6, 6.07) is 11.4. The third-order valence-corrected chi connectivity index (χ3v) is 4.30. The van der Waals surface area contributed by atoms with Gasteiger partial charge in [-0.25, -0.2) is 9.38 Å². The predicted molar refractivity (Wildman–Crippen MR) is 114 cm³/mol. The molecule has 0 atom stereocenters. The summed E-state index contributed by atoms with van der Waals surface area (Å²) in [7, 11) is 3.63. The molecule has 134 valence electrons. The highest BCUT2D eigenvalue weighted by Gasteiger charge is 2.11. The first kappa shape index (κ1) is 19.5. The highest BCUT2D eigenvalue weighted by atomic mass is 127. The fourth-order valence-electron chi connectivity index (χ4n) is 3.02. The van der Waals surface area contributed by atoms with E-state index in [1.165, 1.54) is 23.6 Å². The Morgan fingerprint density at radius 1 is 1.16 bits per heavy atom. The van der Waals surface area contributed by atoms with Crippen LogP contribution < -0.4 is 16.0 Å². The maximum atomic E-state index is 14.0. The van der Waals surface area contributed by atoms with E-state index in [4.69, 9.17) is 5.73 Å². The standard InChI is InChI=1S/C19H23FN4.HI/c1-24(2)18-9-6-13(10-17(18)20)12-22-19(21)23-16-8-7-14-4-3-5-15(14)11-16;/h6-11H,3-5,12H2,1-2H3,(H3,21,22,23);1H. The number of guanidine groups is 1. The molecule has 0 aromatic heterocycles. The van der Waals surface area contributed by atoms with Crippen molar-refractivity contribution in [2.24, 2.45) is 10.7 Å². The quantitative estimate of drug-likeness (QED) is 0.419. The second-order valence-electron chi connectivity index (χ2n) is 6.34. The number of nitrogens with one attached hydrogen (secondary N) is 1. The molecule has 0 spiro atoms. The van der Waals surface area contributed by atoms with Crippen LogP contribution in [0, 0.1) is 5.82 Å². The lowest BCUT2D eigenvalue weighted by Gasteiger charge is -2.13. The Labute approximate surface area is 165 Å². The van der Waals surface area contributed by atoms with Crippen LogP contribution in [-0.2, 0) is 19.4 Å². The van der Waals surface area contributed by atoms with E-state index < -0.39 is 0 Å². The largest absolute Gasteiger partial charge is 0.375 e. The molecular formula is C19H24FIN4. The van der Waals surface area contributed by atoms with E-state index in [0.717, 1.165) is 24.1 Å². The molecule has 25 heavy (non-hydrogen) atoms. The maximum Gasteiger partial charge on any atom is 0.193 e. The summed E-state index contributed by atoms with van der Waals surface area (Å²) in [4.78, 5) is 6.04. The van der Waals surface area contributed by atoms with Crippen molar-refractivity contribution in [3.05, 3.63) is 58.9 Å². The van der Waals surface area contributed by atoms with Gasteiger partial charge in [-0.05, 0) is 60.2 Å². The molecule has 0 bridgehead atoms. The van der Waals surface area contributed by atoms with Gasteiger partial charge in [-0.15, -0.1) is 24.0 Å². The lowest BCUT2D eigenvalue weighted by molar-refractivity contribution is 0.624. The number of benzene rings is 2. The Morgan fingerprint density at radius 3 is 2.64 bits per heavy atom.